The summed E-state index contributed by atoms with van der Waals surface area (Å²) in [5, 5.41) is 6.60. The van der Waals surface area contributed by atoms with Gasteiger partial charge in [-0.05, 0) is 39.2 Å². The summed E-state index contributed by atoms with van der Waals surface area (Å²) in [6.45, 7) is 3.62. The zero-order valence-corrected chi connectivity index (χ0v) is 18.4. The van der Waals surface area contributed by atoms with Crippen molar-refractivity contribution in [1.82, 2.24) is 15.3 Å². The largest absolute Gasteiger partial charge is 0.412 e. The maximum atomic E-state index is 9.99. The lowest BCUT2D eigenvalue weighted by atomic mass is 10.3. The zero-order valence-electron chi connectivity index (χ0n) is 16.8. The average molecular weight is 471 g/mol. The van der Waals surface area contributed by atoms with Crippen LogP contribution < -0.4 is 21.3 Å². The van der Waals surface area contributed by atoms with Crippen LogP contribution in [0, 0.1) is 5.92 Å². The first-order chi connectivity index (χ1) is 13.4. The second-order valence-electron chi connectivity index (χ2n) is 7.12. The second-order valence-corrected chi connectivity index (χ2v) is 10.9. The van der Waals surface area contributed by atoms with Crippen molar-refractivity contribution in [2.45, 2.75) is 36.8 Å². The van der Waals surface area contributed by atoms with E-state index in [1.54, 1.807) is 0 Å². The molecule has 1 aromatic heterocycles. The van der Waals surface area contributed by atoms with Gasteiger partial charge in [-0.3, -0.25) is 9.11 Å². The summed E-state index contributed by atoms with van der Waals surface area (Å²) in [6, 6.07) is 2.40. The van der Waals surface area contributed by atoms with Crippen molar-refractivity contribution in [1.29, 1.82) is 0 Å². The van der Waals surface area contributed by atoms with Gasteiger partial charge in [0.15, 0.2) is 0 Å². The molecule has 0 spiro atoms. The third-order valence-corrected chi connectivity index (χ3v) is 7.87. The Morgan fingerprint density at radius 1 is 1.20 bits per heavy atom. The van der Waals surface area contributed by atoms with Crippen LogP contribution in [0.15, 0.2) is 6.07 Å². The molecule has 0 aromatic carbocycles. The SMILES string of the molecule is CC(S(=O)(=O)O)S(=O)(=O)O.CN[C@@H]1CCN(c2cc(N)nc(NCC3CC3)n2)C1.O. The van der Waals surface area contributed by atoms with Crippen molar-refractivity contribution >= 4 is 37.8 Å². The van der Waals surface area contributed by atoms with Crippen molar-refractivity contribution in [2.75, 3.05) is 42.6 Å². The molecule has 1 atom stereocenters. The van der Waals surface area contributed by atoms with Gasteiger partial charge in [-0.15, -0.1) is 0 Å². The number of hydrogen-bond acceptors (Lipinski definition) is 10. The van der Waals surface area contributed by atoms with E-state index in [4.69, 9.17) is 14.8 Å². The van der Waals surface area contributed by atoms with Gasteiger partial charge in [-0.2, -0.15) is 26.8 Å². The Hall–Kier alpha value is -1.78. The fourth-order valence-corrected chi connectivity index (χ4v) is 3.84. The van der Waals surface area contributed by atoms with Crippen molar-refractivity contribution in [3.63, 3.8) is 0 Å². The maximum Gasteiger partial charge on any atom is 0.284 e. The lowest BCUT2D eigenvalue weighted by molar-refractivity contribution is 0.458. The van der Waals surface area contributed by atoms with E-state index < -0.39 is 24.8 Å². The van der Waals surface area contributed by atoms with Crippen LogP contribution in [0.2, 0.25) is 0 Å². The Morgan fingerprint density at radius 2 is 1.80 bits per heavy atom. The lowest BCUT2D eigenvalue weighted by Gasteiger charge is -2.18. The van der Waals surface area contributed by atoms with Crippen LogP contribution in [-0.4, -0.2) is 78.7 Å². The monoisotopic (exact) mass is 470 g/mol. The van der Waals surface area contributed by atoms with E-state index >= 15 is 0 Å². The molecule has 0 bridgehead atoms. The summed E-state index contributed by atoms with van der Waals surface area (Å²) in [5.74, 6) is 2.93. The minimum Gasteiger partial charge on any atom is -0.412 e. The number of anilines is 3. The normalized spacial score (nSPS) is 19.1. The zero-order chi connectivity index (χ0) is 21.8. The summed E-state index contributed by atoms with van der Waals surface area (Å²) >= 11 is 0. The minimum atomic E-state index is -4.70. The molecule has 2 heterocycles. The molecule has 0 unspecified atom stereocenters. The second kappa shape index (κ2) is 10.5. The number of hydrogen-bond donors (Lipinski definition) is 5. The van der Waals surface area contributed by atoms with Crippen molar-refractivity contribution in [3.8, 4) is 0 Å². The highest BCUT2D eigenvalue weighted by Gasteiger charge is 2.29. The third kappa shape index (κ3) is 8.16. The number of nitrogens with one attached hydrogen (secondary N) is 2. The fourth-order valence-electron chi connectivity index (χ4n) is 2.61. The van der Waals surface area contributed by atoms with Gasteiger partial charge in [0.25, 0.3) is 20.2 Å². The van der Waals surface area contributed by atoms with Crippen LogP contribution in [0.25, 0.3) is 0 Å². The van der Waals surface area contributed by atoms with Gasteiger partial charge < -0.3 is 26.7 Å². The number of aromatic nitrogens is 2. The quantitative estimate of drug-likeness (QED) is 0.302. The van der Waals surface area contributed by atoms with E-state index in [1.807, 2.05) is 13.1 Å². The first-order valence-electron chi connectivity index (χ1n) is 9.13. The Bertz CT molecular complexity index is 876. The summed E-state index contributed by atoms with van der Waals surface area (Å²) in [7, 11) is -7.39. The van der Waals surface area contributed by atoms with E-state index in [2.05, 4.69) is 25.5 Å². The topological polar surface area (TPSA) is 219 Å². The lowest BCUT2D eigenvalue weighted by Crippen LogP contribution is -2.30. The average Bonchev–Trinajstić information content (AvgIpc) is 3.32. The van der Waals surface area contributed by atoms with Gasteiger partial charge in [0.2, 0.25) is 10.5 Å². The first kappa shape index (κ1) is 26.3. The highest BCUT2D eigenvalue weighted by atomic mass is 32.3. The molecule has 1 saturated heterocycles. The molecule has 0 radical (unpaired) electrons. The number of likely N-dealkylation sites (N-methyl/N-ethyl adjacent to an activating group) is 1. The van der Waals surface area contributed by atoms with Gasteiger partial charge in [-0.25, -0.2) is 0 Å². The number of nitrogen functional groups attached to an aromatic ring is 1. The standard InChI is InChI=1S/C13H22N6.C2H6O6S2.H2O/c1-15-10-4-5-19(8-10)12-6-11(14)17-13(18-12)16-7-9-2-3-9;1-2(9(3,4)5)10(6,7)8;/h6,9-10,15H,2-5,7-8H2,1H3,(H3,14,16,17,18);2H,1H3,(H,3,4,5)(H,6,7,8);1H2/t10-;;/m1../s1. The van der Waals surface area contributed by atoms with Crippen LogP contribution in [-0.2, 0) is 20.2 Å². The molecular formula is C15H30N6O7S2. The molecule has 1 aliphatic heterocycles. The van der Waals surface area contributed by atoms with E-state index in [1.165, 1.54) is 12.8 Å². The smallest absolute Gasteiger partial charge is 0.284 e. The molecule has 174 valence electrons. The van der Waals surface area contributed by atoms with E-state index in [0.717, 1.165) is 37.8 Å². The molecule has 30 heavy (non-hydrogen) atoms. The van der Waals surface area contributed by atoms with Crippen molar-refractivity contribution < 1.29 is 31.4 Å². The van der Waals surface area contributed by atoms with Gasteiger partial charge >= 0.3 is 0 Å². The van der Waals surface area contributed by atoms with Crippen LogP contribution in [0.1, 0.15) is 26.2 Å². The Labute approximate surface area is 176 Å². The number of nitrogens with zero attached hydrogens (tertiary/aromatic N) is 3. The highest BCUT2D eigenvalue weighted by Crippen LogP contribution is 2.29. The predicted molar refractivity (Wildman–Crippen MR) is 114 cm³/mol. The molecule has 15 heteroatoms. The summed E-state index contributed by atoms with van der Waals surface area (Å²) in [6.07, 6.45) is 3.78. The summed E-state index contributed by atoms with van der Waals surface area (Å²) < 4.78 is 53.9. The van der Waals surface area contributed by atoms with Gasteiger partial charge in [0.05, 0.1) is 0 Å². The Kier molecular flexibility index (Phi) is 9.19. The van der Waals surface area contributed by atoms with Gasteiger partial charge in [0, 0.05) is 31.7 Å². The van der Waals surface area contributed by atoms with Crippen LogP contribution in [0.5, 0.6) is 0 Å². The molecule has 1 aliphatic carbocycles. The predicted octanol–water partition coefficient (Wildman–Crippen LogP) is -1.04. The first-order valence-corrected chi connectivity index (χ1v) is 12.1. The molecule has 8 N–H and O–H groups in total. The van der Waals surface area contributed by atoms with E-state index in [9.17, 15) is 16.8 Å². The Balaban J connectivity index is 0.000000354. The Morgan fingerprint density at radius 3 is 2.23 bits per heavy atom. The van der Waals surface area contributed by atoms with Gasteiger partial charge in [-0.1, -0.05) is 0 Å². The molecule has 13 nitrogen and oxygen atoms in total. The molecule has 3 rings (SSSR count). The molecular weight excluding hydrogens is 440 g/mol. The fraction of sp³-hybridized carbons (Fsp3) is 0.733. The molecule has 2 fully saturated rings. The van der Waals surface area contributed by atoms with Crippen LogP contribution >= 0.6 is 0 Å². The minimum absolute atomic E-state index is 0. The van der Waals surface area contributed by atoms with Crippen molar-refractivity contribution in [3.05, 3.63) is 6.07 Å². The number of rotatable bonds is 7. The summed E-state index contributed by atoms with van der Waals surface area (Å²) in [4.78, 5) is 11.1. The highest BCUT2D eigenvalue weighted by molar-refractivity contribution is 8.03. The van der Waals surface area contributed by atoms with E-state index in [-0.39, 0.29) is 5.48 Å². The molecule has 1 saturated carbocycles. The molecule has 1 aromatic rings. The number of nitrogens with two attached hydrogens (primary N) is 1. The van der Waals surface area contributed by atoms with Crippen LogP contribution in [0.4, 0.5) is 17.6 Å². The van der Waals surface area contributed by atoms with Crippen molar-refractivity contribution in [2.24, 2.45) is 5.92 Å². The van der Waals surface area contributed by atoms with Crippen LogP contribution in [0.3, 0.4) is 0 Å². The third-order valence-electron chi connectivity index (χ3n) is 4.74. The molecule has 0 amide bonds. The van der Waals surface area contributed by atoms with E-state index in [0.29, 0.717) is 24.7 Å². The summed E-state index contributed by atoms with van der Waals surface area (Å²) in [5.41, 5.74) is 5.88. The maximum absolute atomic E-state index is 9.99. The molecule has 2 aliphatic rings. The van der Waals surface area contributed by atoms with Gasteiger partial charge in [0.1, 0.15) is 11.6 Å².